The van der Waals surface area contributed by atoms with Gasteiger partial charge >= 0.3 is 0 Å². The van der Waals surface area contributed by atoms with Gasteiger partial charge in [-0.1, -0.05) is 6.07 Å². The molecule has 16 heavy (non-hydrogen) atoms. The summed E-state index contributed by atoms with van der Waals surface area (Å²) in [6.07, 6.45) is 3.79. The van der Waals surface area contributed by atoms with E-state index in [1.54, 1.807) is 7.11 Å². The summed E-state index contributed by atoms with van der Waals surface area (Å²) in [5, 5.41) is 0. The molecule has 0 fully saturated rings. The van der Waals surface area contributed by atoms with Gasteiger partial charge < -0.3 is 9.30 Å². The van der Waals surface area contributed by atoms with Crippen LogP contribution in [0.4, 0.5) is 0 Å². The molecule has 4 heteroatoms. The van der Waals surface area contributed by atoms with Crippen molar-refractivity contribution in [3.05, 3.63) is 46.5 Å². The highest BCUT2D eigenvalue weighted by Gasteiger charge is 2.03. The molecule has 2 rings (SSSR count). The van der Waals surface area contributed by atoms with Gasteiger partial charge in [-0.2, -0.15) is 0 Å². The van der Waals surface area contributed by atoms with Crippen molar-refractivity contribution >= 4 is 15.9 Å². The fourth-order valence-corrected chi connectivity index (χ4v) is 2.16. The number of aryl methyl sites for hydroxylation is 1. The number of aromatic nitrogens is 2. The van der Waals surface area contributed by atoms with Gasteiger partial charge in [0, 0.05) is 18.9 Å². The second kappa shape index (κ2) is 4.70. The largest absolute Gasteiger partial charge is 0.496 e. The zero-order valence-electron chi connectivity index (χ0n) is 9.27. The van der Waals surface area contributed by atoms with Crippen molar-refractivity contribution in [3.8, 4) is 5.75 Å². The first-order chi connectivity index (χ1) is 7.70. The van der Waals surface area contributed by atoms with E-state index in [4.69, 9.17) is 4.74 Å². The molecule has 0 bridgehead atoms. The Morgan fingerprint density at radius 3 is 2.81 bits per heavy atom. The molecule has 0 saturated heterocycles. The third kappa shape index (κ3) is 2.27. The first kappa shape index (κ1) is 11.2. The monoisotopic (exact) mass is 280 g/mol. The lowest BCUT2D eigenvalue weighted by Crippen LogP contribution is -2.00. The Morgan fingerprint density at radius 1 is 1.44 bits per heavy atom. The van der Waals surface area contributed by atoms with Crippen LogP contribution in [0.25, 0.3) is 0 Å². The lowest BCUT2D eigenvalue weighted by molar-refractivity contribution is 0.412. The highest BCUT2D eigenvalue weighted by Crippen LogP contribution is 2.25. The number of benzene rings is 1. The molecule has 0 aliphatic heterocycles. The molecule has 84 valence electrons. The van der Waals surface area contributed by atoms with Crippen LogP contribution in [0, 0.1) is 6.92 Å². The molecule has 0 radical (unpaired) electrons. The van der Waals surface area contributed by atoms with Crippen LogP contribution < -0.4 is 4.74 Å². The minimum Gasteiger partial charge on any atom is -0.496 e. The van der Waals surface area contributed by atoms with Crippen molar-refractivity contribution in [2.75, 3.05) is 7.11 Å². The second-order valence-corrected chi connectivity index (χ2v) is 4.43. The maximum absolute atomic E-state index is 5.19. The van der Waals surface area contributed by atoms with Crippen molar-refractivity contribution < 1.29 is 4.74 Å². The number of halogens is 1. The molecule has 1 heterocycles. The Bertz CT molecular complexity index is 494. The number of imidazole rings is 1. The zero-order valence-corrected chi connectivity index (χ0v) is 10.9. The Kier molecular flexibility index (Phi) is 3.29. The lowest BCUT2D eigenvalue weighted by Gasteiger charge is -2.08. The van der Waals surface area contributed by atoms with Crippen LogP contribution in [0.5, 0.6) is 5.75 Å². The third-order valence-corrected chi connectivity index (χ3v) is 3.11. The average Bonchev–Trinajstić information content (AvgIpc) is 2.65. The van der Waals surface area contributed by atoms with Crippen molar-refractivity contribution in [3.63, 3.8) is 0 Å². The van der Waals surface area contributed by atoms with Gasteiger partial charge in [0.25, 0.3) is 0 Å². The average molecular weight is 281 g/mol. The maximum Gasteiger partial charge on any atom is 0.133 e. The number of methoxy groups -OCH3 is 1. The molecular weight excluding hydrogens is 268 g/mol. The Balaban J connectivity index is 2.23. The number of nitrogens with zero attached hydrogens (tertiary/aromatic N) is 2. The second-order valence-electron chi connectivity index (χ2n) is 3.57. The third-order valence-electron chi connectivity index (χ3n) is 2.49. The molecule has 0 N–H and O–H groups in total. The minimum atomic E-state index is 0.828. The van der Waals surface area contributed by atoms with Gasteiger partial charge in [0.05, 0.1) is 11.6 Å². The zero-order chi connectivity index (χ0) is 11.5. The van der Waals surface area contributed by atoms with Gasteiger partial charge in [-0.3, -0.25) is 0 Å². The number of rotatable bonds is 3. The van der Waals surface area contributed by atoms with Gasteiger partial charge in [-0.15, -0.1) is 0 Å². The molecule has 0 aliphatic rings. The van der Waals surface area contributed by atoms with E-state index in [1.807, 2.05) is 25.4 Å². The molecule has 0 aliphatic carbocycles. The molecule has 0 atom stereocenters. The Labute approximate surface area is 103 Å². The Morgan fingerprint density at radius 2 is 2.25 bits per heavy atom. The van der Waals surface area contributed by atoms with Gasteiger partial charge in [0.15, 0.2) is 0 Å². The quantitative estimate of drug-likeness (QED) is 0.864. The lowest BCUT2D eigenvalue weighted by atomic mass is 10.2. The summed E-state index contributed by atoms with van der Waals surface area (Å²) < 4.78 is 8.28. The summed E-state index contributed by atoms with van der Waals surface area (Å²) in [6, 6.07) is 6.09. The van der Waals surface area contributed by atoms with Crippen LogP contribution in [0.15, 0.2) is 35.1 Å². The molecule has 3 nitrogen and oxygen atoms in total. The van der Waals surface area contributed by atoms with Crippen LogP contribution in [-0.4, -0.2) is 16.7 Å². The maximum atomic E-state index is 5.19. The van der Waals surface area contributed by atoms with Crippen molar-refractivity contribution in [1.82, 2.24) is 9.55 Å². The minimum absolute atomic E-state index is 0.828. The van der Waals surface area contributed by atoms with E-state index in [9.17, 15) is 0 Å². The Hall–Kier alpha value is -1.29. The summed E-state index contributed by atoms with van der Waals surface area (Å²) in [7, 11) is 1.67. The van der Waals surface area contributed by atoms with E-state index in [1.165, 1.54) is 5.56 Å². The van der Waals surface area contributed by atoms with E-state index in [-0.39, 0.29) is 0 Å². The predicted molar refractivity (Wildman–Crippen MR) is 66.8 cm³/mol. The summed E-state index contributed by atoms with van der Waals surface area (Å²) in [6.45, 7) is 2.83. The smallest absolute Gasteiger partial charge is 0.133 e. The normalized spacial score (nSPS) is 10.4. The SMILES string of the molecule is COc1ccc(Cn2ccnc2C)cc1Br. The summed E-state index contributed by atoms with van der Waals surface area (Å²) in [5.41, 5.74) is 1.22. The summed E-state index contributed by atoms with van der Waals surface area (Å²) in [4.78, 5) is 4.20. The molecule has 1 aromatic carbocycles. The van der Waals surface area contributed by atoms with Crippen molar-refractivity contribution in [2.24, 2.45) is 0 Å². The first-order valence-corrected chi connectivity index (χ1v) is 5.80. The van der Waals surface area contributed by atoms with Crippen LogP contribution >= 0.6 is 15.9 Å². The molecular formula is C12H13BrN2O. The fourth-order valence-electron chi connectivity index (χ4n) is 1.58. The van der Waals surface area contributed by atoms with Crippen LogP contribution in [0.2, 0.25) is 0 Å². The topological polar surface area (TPSA) is 27.1 Å². The number of hydrogen-bond acceptors (Lipinski definition) is 2. The molecule has 0 saturated carbocycles. The van der Waals surface area contributed by atoms with Gasteiger partial charge in [0.2, 0.25) is 0 Å². The summed E-state index contributed by atoms with van der Waals surface area (Å²) in [5.74, 6) is 1.87. The van der Waals surface area contributed by atoms with Crippen molar-refractivity contribution in [1.29, 1.82) is 0 Å². The number of ether oxygens (including phenoxy) is 1. The molecule has 0 amide bonds. The van der Waals surface area contributed by atoms with E-state index in [0.717, 1.165) is 22.6 Å². The fraction of sp³-hybridized carbons (Fsp3) is 0.250. The first-order valence-electron chi connectivity index (χ1n) is 5.01. The predicted octanol–water partition coefficient (Wildman–Crippen LogP) is 3.01. The highest BCUT2D eigenvalue weighted by molar-refractivity contribution is 9.10. The molecule has 2 aromatic rings. The van der Waals surface area contributed by atoms with Crippen LogP contribution in [0.3, 0.4) is 0 Å². The molecule has 0 unspecified atom stereocenters. The van der Waals surface area contributed by atoms with E-state index < -0.39 is 0 Å². The van der Waals surface area contributed by atoms with E-state index >= 15 is 0 Å². The van der Waals surface area contributed by atoms with Gasteiger partial charge in [-0.25, -0.2) is 4.98 Å². The van der Waals surface area contributed by atoms with E-state index in [2.05, 4.69) is 37.6 Å². The van der Waals surface area contributed by atoms with Crippen LogP contribution in [0.1, 0.15) is 11.4 Å². The summed E-state index contributed by atoms with van der Waals surface area (Å²) >= 11 is 3.48. The number of hydrogen-bond donors (Lipinski definition) is 0. The molecule has 0 spiro atoms. The van der Waals surface area contributed by atoms with Crippen molar-refractivity contribution in [2.45, 2.75) is 13.5 Å². The molecule has 1 aromatic heterocycles. The van der Waals surface area contributed by atoms with E-state index in [0.29, 0.717) is 0 Å². The standard InChI is InChI=1S/C12H13BrN2O/c1-9-14-5-6-15(9)8-10-3-4-12(16-2)11(13)7-10/h3-7H,8H2,1-2H3. The highest BCUT2D eigenvalue weighted by atomic mass is 79.9. The van der Waals surface area contributed by atoms with Gasteiger partial charge in [0.1, 0.15) is 11.6 Å². The van der Waals surface area contributed by atoms with Gasteiger partial charge in [-0.05, 0) is 40.5 Å². The van der Waals surface area contributed by atoms with Crippen LogP contribution in [-0.2, 0) is 6.54 Å².